The Hall–Kier alpha value is -2.10. The molecule has 0 unspecified atom stereocenters. The van der Waals surface area contributed by atoms with Crippen LogP contribution in [0.3, 0.4) is 0 Å². The van der Waals surface area contributed by atoms with Gasteiger partial charge >= 0.3 is 0 Å². The second kappa shape index (κ2) is 5.27. The Labute approximate surface area is 128 Å². The fourth-order valence-electron chi connectivity index (χ4n) is 3.67. The van der Waals surface area contributed by atoms with Gasteiger partial charge in [-0.25, -0.2) is 0 Å². The lowest BCUT2D eigenvalue weighted by molar-refractivity contribution is 0.0736. The van der Waals surface area contributed by atoms with Crippen molar-refractivity contribution in [1.29, 1.82) is 0 Å². The van der Waals surface area contributed by atoms with Gasteiger partial charge in [0.25, 0.3) is 11.5 Å². The van der Waals surface area contributed by atoms with E-state index in [0.717, 1.165) is 30.1 Å². The molecular weight excluding hydrogens is 276 g/mol. The largest absolute Gasteiger partial charge is 0.348 e. The van der Waals surface area contributed by atoms with Crippen LogP contribution in [0.15, 0.2) is 35.1 Å². The molecule has 4 heteroatoms. The molecule has 2 aromatic rings. The zero-order chi connectivity index (χ0) is 15.1. The molecule has 4 rings (SSSR count). The number of aromatic nitrogens is 1. The van der Waals surface area contributed by atoms with Crippen LogP contribution in [0.1, 0.15) is 42.6 Å². The van der Waals surface area contributed by atoms with E-state index < -0.39 is 0 Å². The zero-order valence-corrected chi connectivity index (χ0v) is 12.5. The molecule has 2 aliphatic carbocycles. The van der Waals surface area contributed by atoms with E-state index in [-0.39, 0.29) is 17.5 Å². The van der Waals surface area contributed by atoms with E-state index in [2.05, 4.69) is 10.3 Å². The summed E-state index contributed by atoms with van der Waals surface area (Å²) in [4.78, 5) is 27.0. The monoisotopic (exact) mass is 296 g/mol. The summed E-state index contributed by atoms with van der Waals surface area (Å²) in [5, 5.41) is 4.47. The first kappa shape index (κ1) is 13.6. The molecule has 2 N–H and O–H groups in total. The first-order valence-corrected chi connectivity index (χ1v) is 8.13. The normalized spacial score (nSPS) is 24.5. The summed E-state index contributed by atoms with van der Waals surface area (Å²) in [6, 6.07) is 9.36. The number of pyridine rings is 1. The van der Waals surface area contributed by atoms with Crippen molar-refractivity contribution >= 4 is 16.7 Å². The molecule has 22 heavy (non-hydrogen) atoms. The van der Waals surface area contributed by atoms with E-state index in [1.54, 1.807) is 12.1 Å². The second-order valence-electron chi connectivity index (χ2n) is 6.69. The van der Waals surface area contributed by atoms with E-state index >= 15 is 0 Å². The molecule has 0 saturated heterocycles. The van der Waals surface area contributed by atoms with Crippen LogP contribution in [0.2, 0.25) is 0 Å². The third-order valence-corrected chi connectivity index (χ3v) is 5.32. The van der Waals surface area contributed by atoms with Crippen molar-refractivity contribution in [3.05, 3.63) is 46.4 Å². The minimum atomic E-state index is -0.204. The van der Waals surface area contributed by atoms with Crippen LogP contribution in [-0.2, 0) is 0 Å². The molecule has 2 saturated carbocycles. The molecule has 1 heterocycles. The number of carbonyl (C=O) groups excluding carboxylic acids is 1. The average Bonchev–Trinajstić information content (AvgIpc) is 2.43. The molecule has 0 atom stereocenters. The van der Waals surface area contributed by atoms with Crippen LogP contribution < -0.4 is 10.9 Å². The van der Waals surface area contributed by atoms with Gasteiger partial charge in [-0.05, 0) is 42.2 Å². The number of H-pyrrole nitrogens is 1. The molecule has 2 aliphatic rings. The van der Waals surface area contributed by atoms with Gasteiger partial charge in [0.1, 0.15) is 5.69 Å². The molecule has 1 aromatic carbocycles. The van der Waals surface area contributed by atoms with Gasteiger partial charge in [0.05, 0.1) is 0 Å². The molecule has 0 radical (unpaired) electrons. The molecule has 1 aromatic heterocycles. The summed E-state index contributed by atoms with van der Waals surface area (Å²) >= 11 is 0. The number of rotatable bonds is 3. The van der Waals surface area contributed by atoms with Crippen LogP contribution in [-0.4, -0.2) is 16.9 Å². The lowest BCUT2D eigenvalue weighted by Crippen LogP contribution is -2.47. The van der Waals surface area contributed by atoms with E-state index in [1.165, 1.54) is 19.3 Å². The highest BCUT2D eigenvalue weighted by Crippen LogP contribution is 2.43. The predicted octanol–water partition coefficient (Wildman–Crippen LogP) is 2.84. The summed E-state index contributed by atoms with van der Waals surface area (Å²) < 4.78 is 0. The van der Waals surface area contributed by atoms with E-state index in [9.17, 15) is 9.59 Å². The maximum atomic E-state index is 12.3. The molecule has 114 valence electrons. The van der Waals surface area contributed by atoms with Crippen LogP contribution in [0.4, 0.5) is 0 Å². The molecule has 0 bridgehead atoms. The highest BCUT2D eigenvalue weighted by Gasteiger charge is 2.38. The zero-order valence-electron chi connectivity index (χ0n) is 12.5. The Kier molecular flexibility index (Phi) is 3.25. The summed E-state index contributed by atoms with van der Waals surface area (Å²) in [5.41, 5.74) is 0.153. The Morgan fingerprint density at radius 2 is 1.91 bits per heavy atom. The fourth-order valence-corrected chi connectivity index (χ4v) is 3.67. The number of benzene rings is 1. The number of aromatic amines is 1. The maximum Gasteiger partial charge on any atom is 0.268 e. The number of hydrogen-bond acceptors (Lipinski definition) is 2. The van der Waals surface area contributed by atoms with Crippen molar-refractivity contribution in [3.63, 3.8) is 0 Å². The third kappa shape index (κ3) is 2.32. The van der Waals surface area contributed by atoms with Gasteiger partial charge in [-0.3, -0.25) is 9.59 Å². The van der Waals surface area contributed by atoms with Crippen molar-refractivity contribution < 1.29 is 4.79 Å². The number of fused-ring (bicyclic) bond motifs is 1. The minimum Gasteiger partial charge on any atom is -0.348 e. The fraction of sp³-hybridized carbons (Fsp3) is 0.444. The standard InChI is InChI=1S/C18H20N2O2/c21-17-15-7-2-1-4-12(15)10-16(20-17)18(22)19-14-8-13(9-14)11-5-3-6-11/h1-2,4,7,10-11,13-14H,3,5-6,8-9H2,(H,19,22)(H,20,21). The third-order valence-electron chi connectivity index (χ3n) is 5.32. The maximum absolute atomic E-state index is 12.3. The molecule has 2 fully saturated rings. The quantitative estimate of drug-likeness (QED) is 0.915. The SMILES string of the molecule is O=C(NC1CC(C2CCC2)C1)c1cc2ccccc2c(=O)[nH]1. The molecule has 0 aliphatic heterocycles. The van der Waals surface area contributed by atoms with Crippen LogP contribution in [0, 0.1) is 11.8 Å². The summed E-state index contributed by atoms with van der Waals surface area (Å²) in [7, 11) is 0. The van der Waals surface area contributed by atoms with Gasteiger partial charge in [0.2, 0.25) is 0 Å². The van der Waals surface area contributed by atoms with Crippen molar-refractivity contribution in [1.82, 2.24) is 10.3 Å². The predicted molar refractivity (Wildman–Crippen MR) is 85.9 cm³/mol. The Bertz CT molecular complexity index is 770. The van der Waals surface area contributed by atoms with E-state index in [4.69, 9.17) is 0 Å². The topological polar surface area (TPSA) is 62.0 Å². The lowest BCUT2D eigenvalue weighted by Gasteiger charge is -2.44. The number of carbonyl (C=O) groups is 1. The highest BCUT2D eigenvalue weighted by atomic mass is 16.2. The minimum absolute atomic E-state index is 0.167. The van der Waals surface area contributed by atoms with Gasteiger partial charge in [-0.1, -0.05) is 37.5 Å². The van der Waals surface area contributed by atoms with Crippen molar-refractivity contribution in [3.8, 4) is 0 Å². The average molecular weight is 296 g/mol. The molecular formula is C18H20N2O2. The van der Waals surface area contributed by atoms with Crippen LogP contribution in [0.5, 0.6) is 0 Å². The van der Waals surface area contributed by atoms with E-state index in [0.29, 0.717) is 11.1 Å². The van der Waals surface area contributed by atoms with Crippen molar-refractivity contribution in [2.45, 2.75) is 38.1 Å². The van der Waals surface area contributed by atoms with Gasteiger partial charge in [-0.2, -0.15) is 0 Å². The van der Waals surface area contributed by atoms with Crippen molar-refractivity contribution in [2.75, 3.05) is 0 Å². The van der Waals surface area contributed by atoms with Gasteiger partial charge in [0.15, 0.2) is 0 Å². The molecule has 4 nitrogen and oxygen atoms in total. The summed E-state index contributed by atoms with van der Waals surface area (Å²) in [6.07, 6.45) is 6.28. The Balaban J connectivity index is 1.45. The number of amides is 1. The summed E-state index contributed by atoms with van der Waals surface area (Å²) in [5.74, 6) is 1.53. The molecule has 1 amide bonds. The Morgan fingerprint density at radius 3 is 2.64 bits per heavy atom. The first-order valence-electron chi connectivity index (χ1n) is 8.13. The second-order valence-corrected chi connectivity index (χ2v) is 6.69. The van der Waals surface area contributed by atoms with Gasteiger partial charge in [0, 0.05) is 11.4 Å². The van der Waals surface area contributed by atoms with Gasteiger partial charge in [-0.15, -0.1) is 0 Å². The highest BCUT2D eigenvalue weighted by molar-refractivity contribution is 5.96. The van der Waals surface area contributed by atoms with Gasteiger partial charge < -0.3 is 10.3 Å². The molecule has 0 spiro atoms. The van der Waals surface area contributed by atoms with E-state index in [1.807, 2.05) is 18.2 Å². The lowest BCUT2D eigenvalue weighted by atomic mass is 9.65. The van der Waals surface area contributed by atoms with Crippen molar-refractivity contribution in [2.24, 2.45) is 11.8 Å². The van der Waals surface area contributed by atoms with Crippen LogP contribution >= 0.6 is 0 Å². The van der Waals surface area contributed by atoms with Crippen LogP contribution in [0.25, 0.3) is 10.8 Å². The first-order chi connectivity index (χ1) is 10.7. The Morgan fingerprint density at radius 1 is 1.14 bits per heavy atom. The summed E-state index contributed by atoms with van der Waals surface area (Å²) in [6.45, 7) is 0. The smallest absolute Gasteiger partial charge is 0.268 e. The number of hydrogen-bond donors (Lipinski definition) is 2. The number of nitrogens with one attached hydrogen (secondary N) is 2.